The Kier molecular flexibility index (Phi) is 9.01. The third-order valence-electron chi connectivity index (χ3n) is 1.99. The van der Waals surface area contributed by atoms with Gasteiger partial charge in [-0.15, -0.1) is 0 Å². The van der Waals surface area contributed by atoms with Gasteiger partial charge in [-0.05, 0) is 37.9 Å². The molecule has 0 fully saturated rings. The van der Waals surface area contributed by atoms with Gasteiger partial charge in [-0.1, -0.05) is 30.3 Å². The van der Waals surface area contributed by atoms with Crippen molar-refractivity contribution in [3.63, 3.8) is 0 Å². The predicted molar refractivity (Wildman–Crippen MR) is 89.0 cm³/mol. The summed E-state index contributed by atoms with van der Waals surface area (Å²) in [6.07, 6.45) is 0. The Labute approximate surface area is 114 Å². The summed E-state index contributed by atoms with van der Waals surface area (Å²) < 4.78 is 10.9. The molecule has 6 heteroatoms. The zero-order valence-electron chi connectivity index (χ0n) is 12.0. The molecule has 17 heavy (non-hydrogen) atoms. The lowest BCUT2D eigenvalue weighted by atomic mass is 10.4. The van der Waals surface area contributed by atoms with E-state index in [2.05, 4.69) is 57.0 Å². The van der Waals surface area contributed by atoms with Gasteiger partial charge in [0.05, 0.1) is 0 Å². The molecule has 0 aliphatic carbocycles. The fourth-order valence-electron chi connectivity index (χ4n) is 0.874. The van der Waals surface area contributed by atoms with Crippen LogP contribution in [0.1, 0.15) is 0 Å². The van der Waals surface area contributed by atoms with E-state index in [-0.39, 0.29) is 0 Å². The van der Waals surface area contributed by atoms with Gasteiger partial charge in [0.1, 0.15) is 10.5 Å². The maximum Gasteiger partial charge on any atom is 0.178 e. The van der Waals surface area contributed by atoms with E-state index >= 15 is 0 Å². The average Bonchev–Trinajstić information content (AvgIpc) is 2.28. The molecule has 1 aromatic rings. The highest BCUT2D eigenvalue weighted by Crippen LogP contribution is 2.00. The monoisotopic (exact) mass is 302 g/mol. The Bertz CT molecular complexity index is 285. The van der Waals surface area contributed by atoms with Crippen LogP contribution in [0.3, 0.4) is 0 Å². The molecule has 0 heterocycles. The van der Waals surface area contributed by atoms with Gasteiger partial charge < -0.3 is 8.23 Å². The van der Waals surface area contributed by atoms with Crippen molar-refractivity contribution in [3.05, 3.63) is 30.3 Å². The minimum Gasteiger partial charge on any atom is -0.466 e. The molecular weight excluding hydrogens is 276 g/mol. The van der Waals surface area contributed by atoms with Crippen LogP contribution in [0.2, 0.25) is 32.7 Å². The Balaban J connectivity index is 0.000000437. The van der Waals surface area contributed by atoms with Gasteiger partial charge in [0, 0.05) is 0 Å². The van der Waals surface area contributed by atoms with E-state index in [0.29, 0.717) is 0 Å². The first-order chi connectivity index (χ1) is 7.85. The standard InChI is InChI=1S/C9H16OSi2.C2H10OSi2/c1-12(2,3)10-11-9-7-5-4-6-8-9;1-5(2)3-4/h4-8H,11H2,1-3H3;5H,1-2,4H3. The van der Waals surface area contributed by atoms with E-state index in [0.717, 1.165) is 10.5 Å². The first-order valence-corrected chi connectivity index (χ1v) is 14.3. The quantitative estimate of drug-likeness (QED) is 0.755. The average molecular weight is 303 g/mol. The number of rotatable bonds is 4. The Morgan fingerprint density at radius 2 is 1.59 bits per heavy atom. The maximum absolute atomic E-state index is 5.89. The van der Waals surface area contributed by atoms with Crippen molar-refractivity contribution in [2.45, 2.75) is 32.7 Å². The van der Waals surface area contributed by atoms with Crippen LogP contribution in [0.25, 0.3) is 0 Å². The first-order valence-electron chi connectivity index (χ1n) is 6.06. The van der Waals surface area contributed by atoms with Crippen LogP contribution in [0.5, 0.6) is 0 Å². The first kappa shape index (κ1) is 17.0. The number of hydrogen-bond donors (Lipinski definition) is 0. The molecule has 0 unspecified atom stereocenters. The van der Waals surface area contributed by atoms with Gasteiger partial charge in [-0.3, -0.25) is 0 Å². The second kappa shape index (κ2) is 9.01. The topological polar surface area (TPSA) is 18.5 Å². The van der Waals surface area contributed by atoms with Crippen LogP contribution in [-0.2, 0) is 8.23 Å². The summed E-state index contributed by atoms with van der Waals surface area (Å²) in [6.45, 7) is 11.1. The van der Waals surface area contributed by atoms with Crippen molar-refractivity contribution in [2.75, 3.05) is 0 Å². The molecule has 0 radical (unpaired) electrons. The molecule has 0 amide bonds. The highest BCUT2D eigenvalue weighted by atomic mass is 28.4. The van der Waals surface area contributed by atoms with E-state index in [9.17, 15) is 0 Å². The van der Waals surface area contributed by atoms with Gasteiger partial charge in [0.15, 0.2) is 27.1 Å². The third-order valence-corrected chi connectivity index (χ3v) is 10.6. The fraction of sp³-hybridized carbons (Fsp3) is 0.455. The lowest BCUT2D eigenvalue weighted by molar-refractivity contribution is 0.608. The molecule has 0 bridgehead atoms. The summed E-state index contributed by atoms with van der Waals surface area (Å²) in [6, 6.07) is 10.5. The van der Waals surface area contributed by atoms with E-state index in [1.807, 2.05) is 6.07 Å². The van der Waals surface area contributed by atoms with Gasteiger partial charge in [-0.25, -0.2) is 0 Å². The fourth-order valence-corrected chi connectivity index (χ4v) is 3.74. The van der Waals surface area contributed by atoms with Gasteiger partial charge in [-0.2, -0.15) is 0 Å². The van der Waals surface area contributed by atoms with E-state index in [1.54, 1.807) is 0 Å². The Hall–Kier alpha value is 0.00753. The lowest BCUT2D eigenvalue weighted by Crippen LogP contribution is -2.32. The lowest BCUT2D eigenvalue weighted by Gasteiger charge is -2.17. The van der Waals surface area contributed by atoms with Crippen molar-refractivity contribution >= 4 is 42.8 Å². The molecule has 0 aromatic heterocycles. The summed E-state index contributed by atoms with van der Waals surface area (Å²) in [5.41, 5.74) is 0. The molecule has 0 saturated heterocycles. The molecule has 0 spiro atoms. The second-order valence-corrected chi connectivity index (χ2v) is 15.6. The molecule has 0 aliphatic heterocycles. The molecule has 1 rings (SSSR count). The van der Waals surface area contributed by atoms with Gasteiger partial charge >= 0.3 is 0 Å². The molecule has 0 atom stereocenters. The third kappa shape index (κ3) is 12.3. The van der Waals surface area contributed by atoms with Crippen molar-refractivity contribution in [3.8, 4) is 0 Å². The summed E-state index contributed by atoms with van der Waals surface area (Å²) in [5.74, 6) is 0. The SMILES string of the molecule is C[SiH](C)O[SiH3].C[Si](C)(C)O[SiH2]c1ccccc1. The van der Waals surface area contributed by atoms with Crippen molar-refractivity contribution in [1.29, 1.82) is 0 Å². The summed E-state index contributed by atoms with van der Waals surface area (Å²) in [5, 5.41) is 1.40. The summed E-state index contributed by atoms with van der Waals surface area (Å²) in [7, 11) is -1.38. The van der Waals surface area contributed by atoms with Gasteiger partial charge in [0.2, 0.25) is 0 Å². The maximum atomic E-state index is 5.89. The summed E-state index contributed by atoms with van der Waals surface area (Å²) >= 11 is 0. The van der Waals surface area contributed by atoms with Crippen LogP contribution in [0, 0.1) is 0 Å². The Morgan fingerprint density at radius 3 is 1.94 bits per heavy atom. The van der Waals surface area contributed by atoms with Crippen molar-refractivity contribution in [1.82, 2.24) is 0 Å². The minimum atomic E-state index is -1.28. The zero-order chi connectivity index (χ0) is 13.3. The number of benzene rings is 1. The molecule has 2 nitrogen and oxygen atoms in total. The zero-order valence-corrected chi connectivity index (χ0v) is 17.6. The second-order valence-electron chi connectivity index (χ2n) is 5.17. The highest BCUT2D eigenvalue weighted by Gasteiger charge is 2.13. The molecular formula is C11H26O2Si4. The molecule has 0 N–H and O–H groups in total. The molecule has 0 aliphatic rings. The Morgan fingerprint density at radius 1 is 1.12 bits per heavy atom. The van der Waals surface area contributed by atoms with Crippen LogP contribution < -0.4 is 5.19 Å². The molecule has 1 aromatic carbocycles. The summed E-state index contributed by atoms with van der Waals surface area (Å²) in [4.78, 5) is 0. The predicted octanol–water partition coefficient (Wildman–Crippen LogP) is 0.514. The van der Waals surface area contributed by atoms with E-state index < -0.39 is 27.1 Å². The van der Waals surface area contributed by atoms with Crippen LogP contribution >= 0.6 is 0 Å². The van der Waals surface area contributed by atoms with Crippen LogP contribution in [0.4, 0.5) is 0 Å². The van der Waals surface area contributed by atoms with E-state index in [4.69, 9.17) is 8.23 Å². The minimum absolute atomic E-state index is 0.454. The van der Waals surface area contributed by atoms with Crippen molar-refractivity contribution in [2.24, 2.45) is 0 Å². The normalized spacial score (nSPS) is 11.9. The van der Waals surface area contributed by atoms with Gasteiger partial charge in [0.25, 0.3) is 0 Å². The largest absolute Gasteiger partial charge is 0.466 e. The van der Waals surface area contributed by atoms with Crippen molar-refractivity contribution < 1.29 is 8.23 Å². The molecule has 98 valence electrons. The van der Waals surface area contributed by atoms with Crippen LogP contribution in [0.15, 0.2) is 30.3 Å². The molecule has 0 saturated carbocycles. The van der Waals surface area contributed by atoms with E-state index in [1.165, 1.54) is 5.19 Å². The highest BCUT2D eigenvalue weighted by molar-refractivity contribution is 6.75. The number of hydrogen-bond acceptors (Lipinski definition) is 2. The smallest absolute Gasteiger partial charge is 0.178 e. The van der Waals surface area contributed by atoms with Crippen LogP contribution in [-0.4, -0.2) is 37.6 Å².